The molecule has 0 aliphatic carbocycles. The van der Waals surface area contributed by atoms with Crippen molar-refractivity contribution >= 4 is 5.82 Å². The van der Waals surface area contributed by atoms with Gasteiger partial charge in [0.2, 0.25) is 0 Å². The van der Waals surface area contributed by atoms with Crippen molar-refractivity contribution in [3.63, 3.8) is 0 Å². The molecule has 1 aliphatic heterocycles. The van der Waals surface area contributed by atoms with Crippen molar-refractivity contribution in [2.45, 2.75) is 39.8 Å². The first-order valence-electron chi connectivity index (χ1n) is 7.76. The zero-order chi connectivity index (χ0) is 15.5. The van der Waals surface area contributed by atoms with E-state index in [1.807, 2.05) is 0 Å². The van der Waals surface area contributed by atoms with Crippen molar-refractivity contribution in [1.82, 2.24) is 15.2 Å². The van der Waals surface area contributed by atoms with Gasteiger partial charge in [0.1, 0.15) is 0 Å². The molecule has 4 nitrogen and oxygen atoms in total. The second-order valence-electron chi connectivity index (χ2n) is 6.63. The van der Waals surface area contributed by atoms with Gasteiger partial charge in [-0.2, -0.15) is 0 Å². The predicted octanol–water partition coefficient (Wildman–Crippen LogP) is 2.25. The first kappa shape index (κ1) is 16.2. The Labute approximate surface area is 127 Å². The smallest absolute Gasteiger partial charge is 0.170 e. The maximum absolute atomic E-state index is 14.7. The van der Waals surface area contributed by atoms with Crippen LogP contribution in [0.2, 0.25) is 0 Å². The second kappa shape index (κ2) is 6.71. The molecule has 0 radical (unpaired) electrons. The van der Waals surface area contributed by atoms with E-state index in [0.29, 0.717) is 17.9 Å². The van der Waals surface area contributed by atoms with Gasteiger partial charge in [0.25, 0.3) is 0 Å². The van der Waals surface area contributed by atoms with Crippen LogP contribution in [0.25, 0.3) is 0 Å². The van der Waals surface area contributed by atoms with Gasteiger partial charge in [0.05, 0.1) is 0 Å². The molecule has 1 N–H and O–H groups in total. The molecular formula is C16H27FN4. The second-order valence-corrected chi connectivity index (χ2v) is 6.63. The van der Waals surface area contributed by atoms with Gasteiger partial charge < -0.3 is 15.1 Å². The SMILES string of the molecule is CCN1CCN(c2nccc(CNC(C)(C)C)c2F)CC1. The number of hydrogen-bond donors (Lipinski definition) is 1. The lowest BCUT2D eigenvalue weighted by Crippen LogP contribution is -2.46. The molecule has 1 fully saturated rings. The van der Waals surface area contributed by atoms with Crippen LogP contribution >= 0.6 is 0 Å². The van der Waals surface area contributed by atoms with Crippen LogP contribution in [0.4, 0.5) is 10.2 Å². The van der Waals surface area contributed by atoms with Gasteiger partial charge in [0.15, 0.2) is 11.6 Å². The Balaban J connectivity index is 2.07. The fourth-order valence-electron chi connectivity index (χ4n) is 2.46. The van der Waals surface area contributed by atoms with E-state index < -0.39 is 0 Å². The minimum Gasteiger partial charge on any atom is -0.352 e. The molecule has 21 heavy (non-hydrogen) atoms. The molecular weight excluding hydrogens is 267 g/mol. The highest BCUT2D eigenvalue weighted by Gasteiger charge is 2.21. The first-order valence-corrected chi connectivity index (χ1v) is 7.76. The monoisotopic (exact) mass is 294 g/mol. The summed E-state index contributed by atoms with van der Waals surface area (Å²) in [4.78, 5) is 8.69. The van der Waals surface area contributed by atoms with Gasteiger partial charge in [-0.25, -0.2) is 9.37 Å². The van der Waals surface area contributed by atoms with E-state index in [2.05, 4.69) is 47.8 Å². The Morgan fingerprint density at radius 2 is 1.90 bits per heavy atom. The van der Waals surface area contributed by atoms with Crippen molar-refractivity contribution < 1.29 is 4.39 Å². The van der Waals surface area contributed by atoms with Gasteiger partial charge in [-0.05, 0) is 33.4 Å². The Hall–Kier alpha value is -1.20. The van der Waals surface area contributed by atoms with Crippen molar-refractivity contribution in [2.24, 2.45) is 0 Å². The summed E-state index contributed by atoms with van der Waals surface area (Å²) in [5.74, 6) is 0.318. The highest BCUT2D eigenvalue weighted by molar-refractivity contribution is 5.43. The van der Waals surface area contributed by atoms with Gasteiger partial charge in [0, 0.05) is 50.0 Å². The molecule has 0 bridgehead atoms. The van der Waals surface area contributed by atoms with Crippen LogP contribution in [-0.4, -0.2) is 48.1 Å². The van der Waals surface area contributed by atoms with Crippen LogP contribution in [0.15, 0.2) is 12.3 Å². The van der Waals surface area contributed by atoms with E-state index in [0.717, 1.165) is 32.7 Å². The van der Waals surface area contributed by atoms with E-state index in [-0.39, 0.29) is 11.4 Å². The first-order chi connectivity index (χ1) is 9.90. The van der Waals surface area contributed by atoms with E-state index in [4.69, 9.17) is 0 Å². The molecule has 2 heterocycles. The number of likely N-dealkylation sites (N-methyl/N-ethyl adjacent to an activating group) is 1. The van der Waals surface area contributed by atoms with Gasteiger partial charge in [-0.3, -0.25) is 0 Å². The van der Waals surface area contributed by atoms with Crippen molar-refractivity contribution in [3.8, 4) is 0 Å². The normalized spacial score (nSPS) is 17.3. The molecule has 0 atom stereocenters. The summed E-state index contributed by atoms with van der Waals surface area (Å²) in [7, 11) is 0. The number of aromatic nitrogens is 1. The fraction of sp³-hybridized carbons (Fsp3) is 0.688. The number of halogens is 1. The van der Waals surface area contributed by atoms with Crippen LogP contribution in [0, 0.1) is 5.82 Å². The number of rotatable bonds is 4. The Morgan fingerprint density at radius 1 is 1.24 bits per heavy atom. The zero-order valence-electron chi connectivity index (χ0n) is 13.6. The van der Waals surface area contributed by atoms with Crippen molar-refractivity contribution in [1.29, 1.82) is 0 Å². The predicted molar refractivity (Wildman–Crippen MR) is 85.1 cm³/mol. The third-order valence-electron chi connectivity index (χ3n) is 3.88. The number of pyridine rings is 1. The molecule has 118 valence electrons. The Bertz CT molecular complexity index is 462. The third kappa shape index (κ3) is 4.38. The maximum Gasteiger partial charge on any atom is 0.170 e. The minimum absolute atomic E-state index is 0.0252. The highest BCUT2D eigenvalue weighted by Crippen LogP contribution is 2.21. The summed E-state index contributed by atoms with van der Waals surface area (Å²) in [6.07, 6.45) is 1.71. The maximum atomic E-state index is 14.7. The van der Waals surface area contributed by atoms with Gasteiger partial charge >= 0.3 is 0 Å². The minimum atomic E-state index is -0.181. The molecule has 2 rings (SSSR count). The van der Waals surface area contributed by atoms with Crippen molar-refractivity contribution in [2.75, 3.05) is 37.6 Å². The molecule has 5 heteroatoms. The largest absolute Gasteiger partial charge is 0.352 e. The summed E-state index contributed by atoms with van der Waals surface area (Å²) in [6, 6.07) is 1.76. The van der Waals surface area contributed by atoms with Crippen LogP contribution in [0.5, 0.6) is 0 Å². The Morgan fingerprint density at radius 3 is 2.48 bits per heavy atom. The zero-order valence-corrected chi connectivity index (χ0v) is 13.6. The van der Waals surface area contributed by atoms with E-state index in [9.17, 15) is 4.39 Å². The molecule has 1 aromatic rings. The summed E-state index contributed by atoms with van der Waals surface area (Å²) >= 11 is 0. The lowest BCUT2D eigenvalue weighted by atomic mass is 10.1. The standard InChI is InChI=1S/C16H27FN4/c1-5-20-8-10-21(11-9-20)15-14(17)13(6-7-18-15)12-19-16(2,3)4/h6-7,19H,5,8-12H2,1-4H3. The lowest BCUT2D eigenvalue weighted by molar-refractivity contribution is 0.269. The molecule has 1 aliphatic rings. The van der Waals surface area contributed by atoms with E-state index in [1.54, 1.807) is 12.3 Å². The number of hydrogen-bond acceptors (Lipinski definition) is 4. The summed E-state index contributed by atoms with van der Waals surface area (Å²) in [5.41, 5.74) is 0.663. The van der Waals surface area contributed by atoms with Crippen LogP contribution in [0.3, 0.4) is 0 Å². The molecule has 0 unspecified atom stereocenters. The number of piperazine rings is 1. The average molecular weight is 294 g/mol. The average Bonchev–Trinajstić information content (AvgIpc) is 2.45. The third-order valence-corrected chi connectivity index (χ3v) is 3.88. The van der Waals surface area contributed by atoms with E-state index >= 15 is 0 Å². The molecule has 1 saturated heterocycles. The topological polar surface area (TPSA) is 31.4 Å². The Kier molecular flexibility index (Phi) is 5.17. The molecule has 0 spiro atoms. The van der Waals surface area contributed by atoms with Crippen molar-refractivity contribution in [3.05, 3.63) is 23.6 Å². The molecule has 1 aromatic heterocycles. The fourth-order valence-corrected chi connectivity index (χ4v) is 2.46. The summed E-state index contributed by atoms with van der Waals surface area (Å²) < 4.78 is 14.7. The van der Waals surface area contributed by atoms with E-state index in [1.165, 1.54) is 0 Å². The van der Waals surface area contributed by atoms with Crippen LogP contribution < -0.4 is 10.2 Å². The summed E-state index contributed by atoms with van der Waals surface area (Å²) in [5, 5.41) is 3.33. The number of nitrogens with one attached hydrogen (secondary N) is 1. The van der Waals surface area contributed by atoms with Gasteiger partial charge in [-0.15, -0.1) is 0 Å². The van der Waals surface area contributed by atoms with Gasteiger partial charge in [-0.1, -0.05) is 6.92 Å². The van der Waals surface area contributed by atoms with Crippen LogP contribution in [-0.2, 0) is 6.54 Å². The summed E-state index contributed by atoms with van der Waals surface area (Å²) in [6.45, 7) is 13.6. The highest BCUT2D eigenvalue weighted by atomic mass is 19.1. The molecule has 0 aromatic carbocycles. The quantitative estimate of drug-likeness (QED) is 0.923. The van der Waals surface area contributed by atoms with Crippen LogP contribution in [0.1, 0.15) is 33.3 Å². The molecule has 0 amide bonds. The lowest BCUT2D eigenvalue weighted by Gasteiger charge is -2.35. The number of anilines is 1. The molecule has 0 saturated carbocycles. The number of nitrogens with zero attached hydrogens (tertiary/aromatic N) is 3.